The molecule has 2 fully saturated rings. The Bertz CT molecular complexity index is 912. The molecule has 4 rings (SSSR count). The molecule has 1 atom stereocenters. The van der Waals surface area contributed by atoms with Crippen molar-refractivity contribution < 1.29 is 14.3 Å². The molecule has 3 heterocycles. The molecule has 3 aliphatic rings. The average molecular weight is 509 g/mol. The van der Waals surface area contributed by atoms with Gasteiger partial charge in [-0.15, -0.1) is 0 Å². The maximum Gasteiger partial charge on any atom is 0.267 e. The number of hydrogen-bond acceptors (Lipinski definition) is 5. The number of fused-ring (bicyclic) bond motifs is 1. The smallest absolute Gasteiger partial charge is 0.267 e. The molecule has 2 amide bonds. The van der Waals surface area contributed by atoms with E-state index in [1.807, 2.05) is 23.1 Å². The second-order valence-corrected chi connectivity index (χ2v) is 10.4. The van der Waals surface area contributed by atoms with E-state index in [0.717, 1.165) is 60.9 Å². The molecular formula is C22H25BrN2O3S2. The molecule has 0 spiro atoms. The topological polar surface area (TPSA) is 49.9 Å². The molecular weight excluding hydrogens is 484 g/mol. The summed E-state index contributed by atoms with van der Waals surface area (Å²) in [7, 11) is 0. The number of carbonyl (C=O) groups is 2. The lowest BCUT2D eigenvalue weighted by Crippen LogP contribution is -2.35. The van der Waals surface area contributed by atoms with Crippen LogP contribution in [0.25, 0.3) is 5.57 Å². The third-order valence-electron chi connectivity index (χ3n) is 5.70. The normalized spacial score (nSPS) is 23.8. The number of rotatable bonds is 7. The van der Waals surface area contributed by atoms with E-state index >= 15 is 0 Å². The van der Waals surface area contributed by atoms with Crippen LogP contribution < -0.4 is 4.90 Å². The minimum absolute atomic E-state index is 0.0209. The van der Waals surface area contributed by atoms with E-state index in [1.54, 1.807) is 4.90 Å². The maximum absolute atomic E-state index is 13.4. The molecule has 0 N–H and O–H groups in total. The van der Waals surface area contributed by atoms with Crippen LogP contribution in [0.5, 0.6) is 0 Å². The fourth-order valence-electron chi connectivity index (χ4n) is 4.14. The number of amides is 2. The fraction of sp³-hybridized carbons (Fsp3) is 0.500. The quantitative estimate of drug-likeness (QED) is 0.290. The number of benzene rings is 1. The van der Waals surface area contributed by atoms with Gasteiger partial charge in [-0.1, -0.05) is 66.1 Å². The van der Waals surface area contributed by atoms with Gasteiger partial charge < -0.3 is 9.64 Å². The molecule has 8 heteroatoms. The minimum atomic E-state index is -0.178. The van der Waals surface area contributed by atoms with E-state index < -0.39 is 0 Å². The number of carbonyl (C=O) groups excluding carboxylic acids is 2. The van der Waals surface area contributed by atoms with Crippen molar-refractivity contribution in [1.29, 1.82) is 0 Å². The van der Waals surface area contributed by atoms with Gasteiger partial charge in [0.05, 0.1) is 28.8 Å². The highest BCUT2D eigenvalue weighted by molar-refractivity contribution is 9.10. The summed E-state index contributed by atoms with van der Waals surface area (Å²) in [5.74, 6) is -0.278. The van der Waals surface area contributed by atoms with Crippen LogP contribution >= 0.6 is 39.9 Å². The highest BCUT2D eigenvalue weighted by Crippen LogP contribution is 2.45. The Kier molecular flexibility index (Phi) is 6.97. The number of halogens is 1. The van der Waals surface area contributed by atoms with Crippen molar-refractivity contribution in [1.82, 2.24) is 4.90 Å². The zero-order valence-corrected chi connectivity index (χ0v) is 20.2. The van der Waals surface area contributed by atoms with Crippen LogP contribution in [0.3, 0.4) is 0 Å². The first-order valence-corrected chi connectivity index (χ1v) is 12.5. The fourth-order valence-corrected chi connectivity index (χ4v) is 5.85. The van der Waals surface area contributed by atoms with Crippen molar-refractivity contribution in [3.05, 3.63) is 33.1 Å². The molecule has 1 aromatic rings. The largest absolute Gasteiger partial charge is 0.376 e. The predicted octanol–water partition coefficient (Wildman–Crippen LogP) is 5.13. The molecule has 5 nitrogen and oxygen atoms in total. The van der Waals surface area contributed by atoms with Crippen molar-refractivity contribution in [3.63, 3.8) is 0 Å². The van der Waals surface area contributed by atoms with Gasteiger partial charge in [0, 0.05) is 23.2 Å². The number of hydrogen-bond donors (Lipinski definition) is 0. The summed E-state index contributed by atoms with van der Waals surface area (Å²) >= 11 is 10.3. The van der Waals surface area contributed by atoms with Gasteiger partial charge in [-0.3, -0.25) is 14.5 Å². The van der Waals surface area contributed by atoms with Gasteiger partial charge in [0.1, 0.15) is 4.32 Å². The first kappa shape index (κ1) is 22.0. The van der Waals surface area contributed by atoms with Crippen LogP contribution in [0, 0.1) is 0 Å². The molecule has 160 valence electrons. The Balaban J connectivity index is 1.64. The molecule has 0 saturated carbocycles. The molecule has 0 bridgehead atoms. The Labute approximate surface area is 195 Å². The molecule has 0 aromatic heterocycles. The van der Waals surface area contributed by atoms with Gasteiger partial charge in [-0.2, -0.15) is 0 Å². The third-order valence-corrected chi connectivity index (χ3v) is 7.64. The SMILES string of the molecule is CCCCCCN1C(=O)C(=C2SC(=S)N(CC3CCCO3)C2=O)c2cc(Br)ccc21. The Hall–Kier alpha value is -1.22. The van der Waals surface area contributed by atoms with Crippen molar-refractivity contribution >= 4 is 67.3 Å². The van der Waals surface area contributed by atoms with Crippen LogP contribution in [0.15, 0.2) is 27.6 Å². The standard InChI is InChI=1S/C22H25BrN2O3S2/c1-2-3-4-5-10-24-17-9-8-14(23)12-16(17)18(20(24)26)19-21(27)25(22(29)30-19)13-15-7-6-11-28-15/h8-9,12,15H,2-7,10-11,13H2,1H3. The zero-order valence-electron chi connectivity index (χ0n) is 17.0. The minimum Gasteiger partial charge on any atom is -0.376 e. The van der Waals surface area contributed by atoms with Crippen molar-refractivity contribution in [2.75, 3.05) is 24.6 Å². The highest BCUT2D eigenvalue weighted by Gasteiger charge is 2.42. The summed E-state index contributed by atoms with van der Waals surface area (Å²) in [6.07, 6.45) is 6.30. The van der Waals surface area contributed by atoms with E-state index in [2.05, 4.69) is 22.9 Å². The number of unbranched alkanes of at least 4 members (excludes halogenated alkanes) is 3. The first-order chi connectivity index (χ1) is 14.5. The van der Waals surface area contributed by atoms with Gasteiger partial charge in [0.15, 0.2) is 0 Å². The lowest BCUT2D eigenvalue weighted by molar-refractivity contribution is -0.123. The van der Waals surface area contributed by atoms with Crippen LogP contribution in [0.4, 0.5) is 5.69 Å². The number of thioether (sulfide) groups is 1. The Morgan fingerprint density at radius 2 is 2.03 bits per heavy atom. The number of nitrogens with zero attached hydrogens (tertiary/aromatic N) is 2. The third kappa shape index (κ3) is 4.24. The van der Waals surface area contributed by atoms with E-state index in [9.17, 15) is 9.59 Å². The van der Waals surface area contributed by atoms with E-state index in [-0.39, 0.29) is 17.9 Å². The van der Waals surface area contributed by atoms with Crippen LogP contribution in [-0.2, 0) is 14.3 Å². The molecule has 1 aromatic carbocycles. The summed E-state index contributed by atoms with van der Waals surface area (Å²) in [6, 6.07) is 5.83. The second kappa shape index (κ2) is 9.51. The van der Waals surface area contributed by atoms with Gasteiger partial charge in [0.25, 0.3) is 11.8 Å². The van der Waals surface area contributed by atoms with E-state index in [0.29, 0.717) is 27.9 Å². The Morgan fingerprint density at radius 3 is 2.77 bits per heavy atom. The number of ether oxygens (including phenoxy) is 1. The lowest BCUT2D eigenvalue weighted by Gasteiger charge is -2.18. The van der Waals surface area contributed by atoms with Crippen molar-refractivity contribution in [2.45, 2.75) is 51.6 Å². The predicted molar refractivity (Wildman–Crippen MR) is 128 cm³/mol. The number of anilines is 1. The molecule has 0 aliphatic carbocycles. The summed E-state index contributed by atoms with van der Waals surface area (Å²) in [6.45, 7) is 4.02. The summed E-state index contributed by atoms with van der Waals surface area (Å²) in [4.78, 5) is 30.6. The van der Waals surface area contributed by atoms with Gasteiger partial charge in [-0.25, -0.2) is 0 Å². The van der Waals surface area contributed by atoms with E-state index in [4.69, 9.17) is 17.0 Å². The van der Waals surface area contributed by atoms with Crippen molar-refractivity contribution in [2.24, 2.45) is 0 Å². The first-order valence-electron chi connectivity index (χ1n) is 10.5. The van der Waals surface area contributed by atoms with Crippen LogP contribution in [0.2, 0.25) is 0 Å². The summed E-state index contributed by atoms with van der Waals surface area (Å²) in [5.41, 5.74) is 2.16. The highest BCUT2D eigenvalue weighted by atomic mass is 79.9. The molecule has 2 saturated heterocycles. The van der Waals surface area contributed by atoms with Crippen LogP contribution in [0.1, 0.15) is 51.0 Å². The lowest BCUT2D eigenvalue weighted by atomic mass is 10.1. The van der Waals surface area contributed by atoms with Crippen LogP contribution in [-0.4, -0.2) is 46.8 Å². The molecule has 0 radical (unpaired) electrons. The van der Waals surface area contributed by atoms with Gasteiger partial charge in [-0.05, 0) is 37.5 Å². The summed E-state index contributed by atoms with van der Waals surface area (Å²) < 4.78 is 7.07. The summed E-state index contributed by atoms with van der Waals surface area (Å²) in [5, 5.41) is 0. The average Bonchev–Trinajstić information content (AvgIpc) is 3.40. The van der Waals surface area contributed by atoms with Gasteiger partial charge >= 0.3 is 0 Å². The zero-order chi connectivity index (χ0) is 21.3. The number of thiocarbonyl (C=S) groups is 1. The molecule has 3 aliphatic heterocycles. The van der Waals surface area contributed by atoms with E-state index in [1.165, 1.54) is 11.8 Å². The second-order valence-electron chi connectivity index (χ2n) is 7.80. The monoisotopic (exact) mass is 508 g/mol. The van der Waals surface area contributed by atoms with Gasteiger partial charge in [0.2, 0.25) is 0 Å². The molecule has 1 unspecified atom stereocenters. The van der Waals surface area contributed by atoms with Crippen molar-refractivity contribution in [3.8, 4) is 0 Å². The Morgan fingerprint density at radius 1 is 1.20 bits per heavy atom. The maximum atomic E-state index is 13.4. The molecule has 30 heavy (non-hydrogen) atoms.